The zero-order valence-electron chi connectivity index (χ0n) is 15.3. The molecule has 0 aromatic heterocycles. The summed E-state index contributed by atoms with van der Waals surface area (Å²) in [7, 11) is 0. The predicted octanol–water partition coefficient (Wildman–Crippen LogP) is 3.51. The van der Waals surface area contributed by atoms with Gasteiger partial charge in [-0.3, -0.25) is 10.3 Å². The van der Waals surface area contributed by atoms with Crippen molar-refractivity contribution in [1.82, 2.24) is 5.32 Å². The van der Waals surface area contributed by atoms with E-state index in [1.807, 2.05) is 0 Å². The van der Waals surface area contributed by atoms with Crippen molar-refractivity contribution in [3.63, 3.8) is 0 Å². The first-order valence-corrected chi connectivity index (χ1v) is 8.05. The summed E-state index contributed by atoms with van der Waals surface area (Å²) in [6.07, 6.45) is -8.16. The lowest BCUT2D eigenvalue weighted by Crippen LogP contribution is -2.54. The van der Waals surface area contributed by atoms with Gasteiger partial charge in [-0.15, -0.1) is 0 Å². The fraction of sp³-hybridized carbons (Fsp3) is 0.529. The van der Waals surface area contributed by atoms with Gasteiger partial charge in [0.15, 0.2) is 6.10 Å². The summed E-state index contributed by atoms with van der Waals surface area (Å²) in [5.41, 5.74) is 2.26. The third-order valence-electron chi connectivity index (χ3n) is 3.74. The summed E-state index contributed by atoms with van der Waals surface area (Å²) in [5, 5.41) is 2.25. The van der Waals surface area contributed by atoms with E-state index < -0.39 is 47.5 Å². The molecule has 2 unspecified atom stereocenters. The van der Waals surface area contributed by atoms with Crippen LogP contribution in [-0.4, -0.2) is 36.4 Å². The number of amides is 1. The van der Waals surface area contributed by atoms with Gasteiger partial charge in [0.05, 0.1) is 0 Å². The van der Waals surface area contributed by atoms with Gasteiger partial charge in [0.1, 0.15) is 29.4 Å². The van der Waals surface area contributed by atoms with Crippen molar-refractivity contribution < 1.29 is 31.8 Å². The maximum absolute atomic E-state index is 14.3. The maximum Gasteiger partial charge on any atom is 0.417 e. The van der Waals surface area contributed by atoms with Crippen LogP contribution in [0.3, 0.4) is 0 Å². The number of alkyl carbamates (subject to hydrolysis) is 1. The van der Waals surface area contributed by atoms with Crippen molar-refractivity contribution in [3.8, 4) is 0 Å². The van der Waals surface area contributed by atoms with E-state index in [1.165, 1.54) is 6.07 Å². The van der Waals surface area contributed by atoms with Crippen LogP contribution in [0.4, 0.5) is 28.0 Å². The van der Waals surface area contributed by atoms with Gasteiger partial charge in [-0.25, -0.2) is 9.18 Å². The molecule has 0 spiro atoms. The maximum atomic E-state index is 14.3. The van der Waals surface area contributed by atoms with Crippen molar-refractivity contribution in [2.24, 2.45) is 4.99 Å². The Labute approximate surface area is 153 Å². The van der Waals surface area contributed by atoms with Crippen molar-refractivity contribution in [1.29, 1.82) is 0 Å². The predicted molar refractivity (Wildman–Crippen MR) is 90.8 cm³/mol. The Kier molecular flexibility index (Phi) is 5.42. The van der Waals surface area contributed by atoms with Crippen LogP contribution < -0.4 is 11.1 Å². The SMILES string of the molecule is CC(C)(C)OC(=O)NC1=NC(C)(c2cc(N)ccc2F)C(C(F)(F)F)OC1. The molecule has 3 N–H and O–H groups in total. The number of nitrogens with two attached hydrogens (primary N) is 1. The van der Waals surface area contributed by atoms with E-state index in [0.717, 1.165) is 19.1 Å². The molecule has 0 radical (unpaired) electrons. The molecule has 1 aliphatic rings. The van der Waals surface area contributed by atoms with Gasteiger partial charge in [0.25, 0.3) is 0 Å². The van der Waals surface area contributed by atoms with Crippen molar-refractivity contribution >= 4 is 17.6 Å². The Bertz CT molecular complexity index is 759. The largest absolute Gasteiger partial charge is 0.444 e. The number of aliphatic imine (C=N–C) groups is 1. The molecule has 10 heteroatoms. The second-order valence-electron chi connectivity index (χ2n) is 7.30. The number of benzene rings is 1. The van der Waals surface area contributed by atoms with E-state index in [2.05, 4.69) is 10.3 Å². The van der Waals surface area contributed by atoms with Gasteiger partial charge in [0, 0.05) is 11.3 Å². The highest BCUT2D eigenvalue weighted by Crippen LogP contribution is 2.43. The molecule has 1 aromatic rings. The van der Waals surface area contributed by atoms with Gasteiger partial charge < -0.3 is 15.2 Å². The summed E-state index contributed by atoms with van der Waals surface area (Å²) in [6.45, 7) is 5.31. The van der Waals surface area contributed by atoms with E-state index in [1.54, 1.807) is 20.8 Å². The fourth-order valence-corrected chi connectivity index (χ4v) is 2.73. The monoisotopic (exact) mass is 391 g/mol. The van der Waals surface area contributed by atoms with Gasteiger partial charge in [-0.2, -0.15) is 13.2 Å². The molecule has 1 aromatic carbocycles. The highest BCUT2D eigenvalue weighted by molar-refractivity contribution is 5.96. The van der Waals surface area contributed by atoms with Crippen molar-refractivity contribution in [2.75, 3.05) is 12.3 Å². The number of hydrogen-bond acceptors (Lipinski definition) is 5. The lowest BCUT2D eigenvalue weighted by Gasteiger charge is -2.39. The first-order valence-electron chi connectivity index (χ1n) is 8.05. The second kappa shape index (κ2) is 6.99. The van der Waals surface area contributed by atoms with Crippen LogP contribution in [0.15, 0.2) is 23.2 Å². The quantitative estimate of drug-likeness (QED) is 0.567. The van der Waals surface area contributed by atoms with Gasteiger partial charge in [-0.05, 0) is 45.9 Å². The van der Waals surface area contributed by atoms with Crippen molar-refractivity contribution in [2.45, 2.75) is 51.1 Å². The average molecular weight is 391 g/mol. The number of alkyl halides is 3. The number of rotatable bonds is 1. The standard InChI is InChI=1S/C17H21F4N3O3/c1-15(2,3)27-14(25)23-12-8-26-13(17(19,20)21)16(4,24-12)10-7-9(22)5-6-11(10)18/h5-7,13H,8,22H2,1-4H3,(H,23,24,25). The molecular formula is C17H21F4N3O3. The molecular weight excluding hydrogens is 370 g/mol. The Morgan fingerprint density at radius 1 is 1.37 bits per heavy atom. The molecule has 0 saturated carbocycles. The topological polar surface area (TPSA) is 85.9 Å². The number of nitrogens with zero attached hydrogens (tertiary/aromatic N) is 1. The van der Waals surface area contributed by atoms with Crippen LogP contribution in [0, 0.1) is 5.82 Å². The molecule has 0 saturated heterocycles. The molecule has 6 nitrogen and oxygen atoms in total. The first-order chi connectivity index (χ1) is 12.2. The zero-order valence-corrected chi connectivity index (χ0v) is 15.3. The Balaban J connectivity index is 2.46. The number of nitrogen functional groups attached to an aromatic ring is 1. The molecule has 2 rings (SSSR count). The number of halogens is 4. The van der Waals surface area contributed by atoms with Gasteiger partial charge >= 0.3 is 12.3 Å². The number of hydrogen-bond donors (Lipinski definition) is 2. The van der Waals surface area contributed by atoms with E-state index in [4.69, 9.17) is 15.2 Å². The highest BCUT2D eigenvalue weighted by Gasteiger charge is 2.56. The van der Waals surface area contributed by atoms with Crippen LogP contribution in [-0.2, 0) is 15.0 Å². The Morgan fingerprint density at radius 2 is 2.00 bits per heavy atom. The fourth-order valence-electron chi connectivity index (χ4n) is 2.73. The number of carbonyl (C=O) groups excluding carboxylic acids is 1. The minimum absolute atomic E-state index is 0.0657. The smallest absolute Gasteiger partial charge is 0.417 e. The summed E-state index contributed by atoms with van der Waals surface area (Å²) < 4.78 is 64.8. The number of anilines is 1. The Hall–Kier alpha value is -2.36. The van der Waals surface area contributed by atoms with E-state index >= 15 is 0 Å². The molecule has 27 heavy (non-hydrogen) atoms. The molecule has 0 aliphatic carbocycles. The van der Waals surface area contributed by atoms with Crippen LogP contribution in [0.25, 0.3) is 0 Å². The zero-order chi connectivity index (χ0) is 20.6. The van der Waals surface area contributed by atoms with Crippen molar-refractivity contribution in [3.05, 3.63) is 29.6 Å². The third kappa shape index (κ3) is 4.88. The second-order valence-corrected chi connectivity index (χ2v) is 7.30. The number of carbonyl (C=O) groups is 1. The summed E-state index contributed by atoms with van der Waals surface area (Å²) in [4.78, 5) is 15.9. The van der Waals surface area contributed by atoms with E-state index in [-0.39, 0.29) is 11.5 Å². The third-order valence-corrected chi connectivity index (χ3v) is 3.74. The van der Waals surface area contributed by atoms with Crippen LogP contribution in [0.1, 0.15) is 33.3 Å². The lowest BCUT2D eigenvalue weighted by atomic mass is 9.84. The molecule has 150 valence electrons. The minimum atomic E-state index is -4.83. The molecule has 2 atom stereocenters. The number of nitrogens with one attached hydrogen (secondary N) is 1. The van der Waals surface area contributed by atoms with Gasteiger partial charge in [0.2, 0.25) is 0 Å². The number of ether oxygens (including phenoxy) is 2. The molecule has 0 fully saturated rings. The highest BCUT2D eigenvalue weighted by atomic mass is 19.4. The summed E-state index contributed by atoms with van der Waals surface area (Å²) in [6, 6.07) is 3.24. The van der Waals surface area contributed by atoms with Crippen LogP contribution >= 0.6 is 0 Å². The molecule has 0 bridgehead atoms. The minimum Gasteiger partial charge on any atom is -0.444 e. The summed E-state index contributed by atoms with van der Waals surface area (Å²) in [5.74, 6) is -1.14. The lowest BCUT2D eigenvalue weighted by molar-refractivity contribution is -0.239. The van der Waals surface area contributed by atoms with E-state index in [9.17, 15) is 22.4 Å². The first kappa shape index (κ1) is 20.9. The molecule has 1 heterocycles. The van der Waals surface area contributed by atoms with Crippen LogP contribution in [0.2, 0.25) is 0 Å². The average Bonchev–Trinajstić information content (AvgIpc) is 2.46. The summed E-state index contributed by atoms with van der Waals surface area (Å²) >= 11 is 0. The number of amidine groups is 1. The normalized spacial score (nSPS) is 23.6. The van der Waals surface area contributed by atoms with E-state index in [0.29, 0.717) is 0 Å². The van der Waals surface area contributed by atoms with Gasteiger partial charge in [-0.1, -0.05) is 0 Å². The molecule has 1 aliphatic heterocycles. The molecule has 1 amide bonds. The van der Waals surface area contributed by atoms with Crippen LogP contribution in [0.5, 0.6) is 0 Å². The Morgan fingerprint density at radius 3 is 2.56 bits per heavy atom.